The molecule has 1 aliphatic rings. The number of nitrogens with zero attached hydrogens (tertiary/aromatic N) is 1. The topological polar surface area (TPSA) is 69.6 Å². The van der Waals surface area contributed by atoms with Gasteiger partial charge in [0.1, 0.15) is 6.04 Å². The molecule has 0 radical (unpaired) electrons. The van der Waals surface area contributed by atoms with Crippen molar-refractivity contribution in [2.45, 2.75) is 58.5 Å². The number of aliphatic carboxylic acids is 1. The fourth-order valence-corrected chi connectivity index (χ4v) is 2.40. The van der Waals surface area contributed by atoms with Crippen LogP contribution in [-0.2, 0) is 4.79 Å². The van der Waals surface area contributed by atoms with Gasteiger partial charge in [-0.15, -0.1) is 0 Å². The van der Waals surface area contributed by atoms with E-state index in [4.69, 9.17) is 5.11 Å². The van der Waals surface area contributed by atoms with E-state index in [-0.39, 0.29) is 12.1 Å². The van der Waals surface area contributed by atoms with E-state index in [0.29, 0.717) is 12.3 Å². The summed E-state index contributed by atoms with van der Waals surface area (Å²) in [5.41, 5.74) is 0. The highest BCUT2D eigenvalue weighted by atomic mass is 16.4. The number of hydrogen-bond acceptors (Lipinski definition) is 2. The van der Waals surface area contributed by atoms with Crippen molar-refractivity contribution in [2.24, 2.45) is 5.92 Å². The number of amides is 2. The molecule has 104 valence electrons. The Kier molecular flexibility index (Phi) is 5.44. The highest BCUT2D eigenvalue weighted by molar-refractivity contribution is 5.82. The number of rotatable bonds is 4. The summed E-state index contributed by atoms with van der Waals surface area (Å²) in [6.45, 7) is 6.79. The molecule has 2 N–H and O–H groups in total. The first-order chi connectivity index (χ1) is 8.47. The molecule has 0 aromatic carbocycles. The number of piperidine rings is 1. The summed E-state index contributed by atoms with van der Waals surface area (Å²) in [5.74, 6) is -0.484. The number of nitrogens with one attached hydrogen (secondary N) is 1. The number of carbonyl (C=O) groups excluding carboxylic acids is 1. The highest BCUT2D eigenvalue weighted by Gasteiger charge is 2.30. The van der Waals surface area contributed by atoms with E-state index in [1.54, 1.807) is 4.90 Å². The first kappa shape index (κ1) is 14.8. The summed E-state index contributed by atoms with van der Waals surface area (Å²) in [6, 6.07) is -0.836. The Morgan fingerprint density at radius 3 is 2.67 bits per heavy atom. The van der Waals surface area contributed by atoms with E-state index in [2.05, 4.69) is 12.2 Å². The van der Waals surface area contributed by atoms with Crippen molar-refractivity contribution >= 4 is 12.0 Å². The SMILES string of the molecule is CCCC(NC(=O)N1CCCC(C)C1C)C(=O)O. The summed E-state index contributed by atoms with van der Waals surface area (Å²) in [7, 11) is 0. The molecule has 5 nitrogen and oxygen atoms in total. The molecule has 0 saturated carbocycles. The van der Waals surface area contributed by atoms with Gasteiger partial charge in [-0.2, -0.15) is 0 Å². The van der Waals surface area contributed by atoms with Gasteiger partial charge in [-0.1, -0.05) is 20.3 Å². The average Bonchev–Trinajstić information content (AvgIpc) is 2.31. The molecule has 1 fully saturated rings. The van der Waals surface area contributed by atoms with E-state index in [9.17, 15) is 9.59 Å². The van der Waals surface area contributed by atoms with Crippen molar-refractivity contribution in [3.05, 3.63) is 0 Å². The lowest BCUT2D eigenvalue weighted by Crippen LogP contribution is -2.54. The molecule has 2 amide bonds. The zero-order chi connectivity index (χ0) is 13.7. The van der Waals surface area contributed by atoms with E-state index < -0.39 is 12.0 Å². The first-order valence-electron chi connectivity index (χ1n) is 6.77. The molecule has 5 heteroatoms. The minimum atomic E-state index is -0.956. The number of urea groups is 1. The van der Waals surface area contributed by atoms with Crippen molar-refractivity contribution in [1.82, 2.24) is 10.2 Å². The second-order valence-electron chi connectivity index (χ2n) is 5.18. The van der Waals surface area contributed by atoms with Crippen LogP contribution in [-0.4, -0.2) is 40.6 Å². The third-order valence-corrected chi connectivity index (χ3v) is 3.81. The number of carbonyl (C=O) groups is 2. The Bertz CT molecular complexity index is 307. The monoisotopic (exact) mass is 256 g/mol. The fraction of sp³-hybridized carbons (Fsp3) is 0.846. The third-order valence-electron chi connectivity index (χ3n) is 3.81. The quantitative estimate of drug-likeness (QED) is 0.809. The van der Waals surface area contributed by atoms with E-state index in [0.717, 1.165) is 25.8 Å². The molecule has 0 aliphatic carbocycles. The number of likely N-dealkylation sites (tertiary alicyclic amines) is 1. The van der Waals surface area contributed by atoms with Gasteiger partial charge in [0, 0.05) is 12.6 Å². The fourth-order valence-electron chi connectivity index (χ4n) is 2.40. The summed E-state index contributed by atoms with van der Waals surface area (Å²) in [5, 5.41) is 11.7. The van der Waals surface area contributed by atoms with Gasteiger partial charge in [0.05, 0.1) is 0 Å². The smallest absolute Gasteiger partial charge is 0.326 e. The Balaban J connectivity index is 2.60. The van der Waals surface area contributed by atoms with Crippen LogP contribution < -0.4 is 5.32 Å². The molecule has 0 aromatic rings. The standard InChI is InChI=1S/C13H24N2O3/c1-4-6-11(12(16)17)14-13(18)15-8-5-7-9(2)10(15)3/h9-11H,4-8H2,1-3H3,(H,14,18)(H,16,17). The molecule has 1 heterocycles. The predicted octanol–water partition coefficient (Wildman–Crippen LogP) is 2.07. The van der Waals surface area contributed by atoms with Crippen molar-refractivity contribution in [2.75, 3.05) is 6.54 Å². The van der Waals surface area contributed by atoms with Gasteiger partial charge in [-0.05, 0) is 32.1 Å². The Labute approximate surface area is 109 Å². The van der Waals surface area contributed by atoms with Gasteiger partial charge in [0.25, 0.3) is 0 Å². The Hall–Kier alpha value is -1.26. The van der Waals surface area contributed by atoms with Crippen molar-refractivity contribution < 1.29 is 14.7 Å². The van der Waals surface area contributed by atoms with Crippen molar-refractivity contribution in [3.63, 3.8) is 0 Å². The first-order valence-corrected chi connectivity index (χ1v) is 6.77. The van der Waals surface area contributed by atoms with Gasteiger partial charge in [0.2, 0.25) is 0 Å². The van der Waals surface area contributed by atoms with Gasteiger partial charge < -0.3 is 15.3 Å². The zero-order valence-corrected chi connectivity index (χ0v) is 11.5. The molecule has 3 atom stereocenters. The molecule has 3 unspecified atom stereocenters. The predicted molar refractivity (Wildman–Crippen MR) is 69.4 cm³/mol. The maximum atomic E-state index is 12.1. The molecule has 1 rings (SSSR count). The molecular weight excluding hydrogens is 232 g/mol. The molecular formula is C13H24N2O3. The van der Waals surface area contributed by atoms with Crippen molar-refractivity contribution in [1.29, 1.82) is 0 Å². The molecule has 0 bridgehead atoms. The summed E-state index contributed by atoms with van der Waals surface area (Å²) in [4.78, 5) is 24.9. The highest BCUT2D eigenvalue weighted by Crippen LogP contribution is 2.22. The van der Waals surface area contributed by atoms with Crippen LogP contribution in [0.2, 0.25) is 0 Å². The van der Waals surface area contributed by atoms with Gasteiger partial charge in [0.15, 0.2) is 0 Å². The zero-order valence-electron chi connectivity index (χ0n) is 11.5. The average molecular weight is 256 g/mol. The Morgan fingerprint density at radius 1 is 1.44 bits per heavy atom. The Morgan fingerprint density at radius 2 is 2.11 bits per heavy atom. The van der Waals surface area contributed by atoms with Gasteiger partial charge >= 0.3 is 12.0 Å². The normalized spacial score (nSPS) is 25.6. The number of carboxylic acids is 1. The van der Waals surface area contributed by atoms with Crippen LogP contribution in [0.4, 0.5) is 4.79 Å². The molecule has 18 heavy (non-hydrogen) atoms. The number of carboxylic acid groups (broad SMARTS) is 1. The minimum absolute atomic E-state index is 0.176. The minimum Gasteiger partial charge on any atom is -0.480 e. The lowest BCUT2D eigenvalue weighted by atomic mass is 9.92. The summed E-state index contributed by atoms with van der Waals surface area (Å²) < 4.78 is 0. The van der Waals surface area contributed by atoms with Crippen LogP contribution in [0.1, 0.15) is 46.5 Å². The van der Waals surface area contributed by atoms with Gasteiger partial charge in [-0.25, -0.2) is 9.59 Å². The maximum Gasteiger partial charge on any atom is 0.326 e. The van der Waals surface area contributed by atoms with Crippen LogP contribution in [0.15, 0.2) is 0 Å². The summed E-state index contributed by atoms with van der Waals surface area (Å²) >= 11 is 0. The number of hydrogen-bond donors (Lipinski definition) is 2. The van der Waals surface area contributed by atoms with Crippen LogP contribution in [0, 0.1) is 5.92 Å². The van der Waals surface area contributed by atoms with Crippen LogP contribution in [0.3, 0.4) is 0 Å². The van der Waals surface area contributed by atoms with E-state index in [1.807, 2.05) is 13.8 Å². The molecule has 0 spiro atoms. The molecule has 1 saturated heterocycles. The van der Waals surface area contributed by atoms with E-state index >= 15 is 0 Å². The molecule has 1 aliphatic heterocycles. The molecule has 0 aromatic heterocycles. The van der Waals surface area contributed by atoms with Crippen LogP contribution >= 0.6 is 0 Å². The van der Waals surface area contributed by atoms with Crippen LogP contribution in [0.5, 0.6) is 0 Å². The van der Waals surface area contributed by atoms with Gasteiger partial charge in [-0.3, -0.25) is 0 Å². The summed E-state index contributed by atoms with van der Waals surface area (Å²) in [6.07, 6.45) is 3.33. The second-order valence-corrected chi connectivity index (χ2v) is 5.18. The second kappa shape index (κ2) is 6.61. The van der Waals surface area contributed by atoms with E-state index in [1.165, 1.54) is 0 Å². The largest absolute Gasteiger partial charge is 0.480 e. The maximum absolute atomic E-state index is 12.1. The third kappa shape index (κ3) is 3.62. The van der Waals surface area contributed by atoms with Crippen molar-refractivity contribution in [3.8, 4) is 0 Å². The lowest BCUT2D eigenvalue weighted by molar-refractivity contribution is -0.139. The van der Waals surface area contributed by atoms with Crippen LogP contribution in [0.25, 0.3) is 0 Å². The lowest BCUT2D eigenvalue weighted by Gasteiger charge is -2.38.